The Hall–Kier alpha value is -2.20. The second kappa shape index (κ2) is 7.36. The van der Waals surface area contributed by atoms with E-state index in [1.54, 1.807) is 6.07 Å². The van der Waals surface area contributed by atoms with Crippen molar-refractivity contribution in [1.29, 1.82) is 5.26 Å². The first kappa shape index (κ1) is 17.6. The third kappa shape index (κ3) is 3.74. The van der Waals surface area contributed by atoms with Crippen LogP contribution in [-0.2, 0) is 5.41 Å². The van der Waals surface area contributed by atoms with E-state index in [0.29, 0.717) is 37.7 Å². The third-order valence-electron chi connectivity index (χ3n) is 5.56. The molecule has 1 aliphatic heterocycles. The molecule has 1 N–H and O–H groups in total. The van der Waals surface area contributed by atoms with Crippen molar-refractivity contribution in [2.24, 2.45) is 0 Å². The molecule has 1 saturated carbocycles. The normalized spacial score (nSPS) is 28.2. The Bertz CT molecular complexity index is 650. The van der Waals surface area contributed by atoms with Crippen LogP contribution in [0.4, 0.5) is 9.18 Å². The molecule has 1 amide bonds. The van der Waals surface area contributed by atoms with E-state index in [0.717, 1.165) is 32.4 Å². The summed E-state index contributed by atoms with van der Waals surface area (Å²) in [6.07, 6.45) is 4.31. The van der Waals surface area contributed by atoms with E-state index in [4.69, 9.17) is 5.11 Å². The van der Waals surface area contributed by atoms with Gasteiger partial charge in [0.05, 0.1) is 23.4 Å². The van der Waals surface area contributed by atoms with Crippen molar-refractivity contribution < 1.29 is 14.3 Å². The van der Waals surface area contributed by atoms with Crippen molar-refractivity contribution in [3.8, 4) is 6.07 Å². The summed E-state index contributed by atoms with van der Waals surface area (Å²) in [6.45, 7) is 2.75. The van der Waals surface area contributed by atoms with Gasteiger partial charge < -0.3 is 10.0 Å². The molecule has 7 heteroatoms. The van der Waals surface area contributed by atoms with Crippen molar-refractivity contribution in [2.45, 2.75) is 43.6 Å². The average molecular weight is 346 g/mol. The number of pyridine rings is 1. The van der Waals surface area contributed by atoms with Gasteiger partial charge in [-0.25, -0.2) is 9.18 Å². The van der Waals surface area contributed by atoms with Gasteiger partial charge in [0.25, 0.3) is 0 Å². The number of nitrogens with zero attached hydrogens (tertiary/aromatic N) is 4. The number of amides is 1. The molecule has 1 saturated heterocycles. The third-order valence-corrected chi connectivity index (χ3v) is 5.56. The number of halogens is 1. The number of aromatic nitrogens is 1. The smallest absolute Gasteiger partial charge is 0.407 e. The van der Waals surface area contributed by atoms with Gasteiger partial charge in [0.15, 0.2) is 0 Å². The maximum atomic E-state index is 13.1. The molecule has 0 unspecified atom stereocenters. The minimum absolute atomic E-state index is 0.371. The topological polar surface area (TPSA) is 80.5 Å². The van der Waals surface area contributed by atoms with E-state index in [9.17, 15) is 14.4 Å². The Kier molecular flexibility index (Phi) is 5.19. The van der Waals surface area contributed by atoms with Crippen molar-refractivity contribution in [2.75, 3.05) is 26.2 Å². The average Bonchev–Trinajstić information content (AvgIpc) is 2.89. The summed E-state index contributed by atoms with van der Waals surface area (Å²) in [5.41, 5.74) is 0.0196. The number of carbonyl (C=O) groups is 1. The van der Waals surface area contributed by atoms with Gasteiger partial charge in [-0.15, -0.1) is 0 Å². The lowest BCUT2D eigenvalue weighted by molar-refractivity contribution is 0.130. The molecule has 0 radical (unpaired) electrons. The summed E-state index contributed by atoms with van der Waals surface area (Å²) in [5, 5.41) is 18.9. The van der Waals surface area contributed by atoms with Crippen LogP contribution in [0.3, 0.4) is 0 Å². The SMILES string of the molecule is N#CC1(c2ccc(F)cn2)CCC(N2CCCN(C(=O)O)CC2)CC1. The van der Waals surface area contributed by atoms with E-state index in [-0.39, 0.29) is 0 Å². The molecular formula is C18H23FN4O2. The van der Waals surface area contributed by atoms with Crippen molar-refractivity contribution in [3.63, 3.8) is 0 Å². The first-order valence-corrected chi connectivity index (χ1v) is 8.79. The molecule has 6 nitrogen and oxygen atoms in total. The Morgan fingerprint density at radius 3 is 2.64 bits per heavy atom. The summed E-state index contributed by atoms with van der Waals surface area (Å²) in [7, 11) is 0. The Morgan fingerprint density at radius 1 is 1.28 bits per heavy atom. The van der Waals surface area contributed by atoms with Gasteiger partial charge in [-0.1, -0.05) is 0 Å². The Balaban J connectivity index is 1.63. The maximum Gasteiger partial charge on any atom is 0.407 e. The minimum atomic E-state index is -0.851. The molecule has 2 fully saturated rings. The number of rotatable bonds is 2. The van der Waals surface area contributed by atoms with E-state index in [2.05, 4.69) is 16.0 Å². The molecule has 134 valence electrons. The molecule has 2 aliphatic rings. The molecule has 0 aromatic carbocycles. The molecule has 25 heavy (non-hydrogen) atoms. The first-order valence-electron chi connectivity index (χ1n) is 8.79. The largest absolute Gasteiger partial charge is 0.465 e. The molecule has 3 rings (SSSR count). The second-order valence-electron chi connectivity index (χ2n) is 6.95. The van der Waals surface area contributed by atoms with Crippen LogP contribution in [0.15, 0.2) is 18.3 Å². The van der Waals surface area contributed by atoms with E-state index in [1.807, 2.05) is 0 Å². The first-order chi connectivity index (χ1) is 12.0. The number of hydrogen-bond donors (Lipinski definition) is 1. The van der Waals surface area contributed by atoms with Crippen LogP contribution in [0, 0.1) is 17.1 Å². The quantitative estimate of drug-likeness (QED) is 0.890. The van der Waals surface area contributed by atoms with Crippen LogP contribution in [-0.4, -0.2) is 58.2 Å². The zero-order valence-electron chi connectivity index (χ0n) is 14.2. The molecule has 1 aromatic heterocycles. The van der Waals surface area contributed by atoms with Crippen LogP contribution in [0.25, 0.3) is 0 Å². The van der Waals surface area contributed by atoms with Crippen LogP contribution >= 0.6 is 0 Å². The molecule has 2 heterocycles. The summed E-state index contributed by atoms with van der Waals surface area (Å²) < 4.78 is 13.1. The minimum Gasteiger partial charge on any atom is -0.465 e. The zero-order chi connectivity index (χ0) is 17.9. The second-order valence-corrected chi connectivity index (χ2v) is 6.95. The molecule has 1 aliphatic carbocycles. The predicted molar refractivity (Wildman–Crippen MR) is 89.5 cm³/mol. The van der Waals surface area contributed by atoms with Crippen LogP contribution in [0.1, 0.15) is 37.8 Å². The van der Waals surface area contributed by atoms with Gasteiger partial charge in [0, 0.05) is 32.2 Å². The fraction of sp³-hybridized carbons (Fsp3) is 0.611. The maximum absolute atomic E-state index is 13.1. The van der Waals surface area contributed by atoms with Gasteiger partial charge in [0.2, 0.25) is 0 Å². The molecule has 0 spiro atoms. The Morgan fingerprint density at radius 2 is 2.04 bits per heavy atom. The highest BCUT2D eigenvalue weighted by Gasteiger charge is 2.40. The lowest BCUT2D eigenvalue weighted by Gasteiger charge is -2.39. The number of nitriles is 1. The molecule has 0 bridgehead atoms. The monoisotopic (exact) mass is 346 g/mol. The standard InChI is InChI=1S/C18H23FN4O2/c19-14-2-3-16(21-12-14)18(13-20)6-4-15(5-7-18)22-8-1-9-23(11-10-22)17(24)25/h2-3,12,15H,1,4-11H2,(H,24,25). The molecule has 0 atom stereocenters. The van der Waals surface area contributed by atoms with Gasteiger partial charge in [0.1, 0.15) is 5.82 Å². The van der Waals surface area contributed by atoms with Gasteiger partial charge in [-0.05, 0) is 44.2 Å². The predicted octanol–water partition coefficient (Wildman–Crippen LogP) is 2.61. The highest BCUT2D eigenvalue weighted by molar-refractivity contribution is 5.64. The highest BCUT2D eigenvalue weighted by atomic mass is 19.1. The van der Waals surface area contributed by atoms with E-state index in [1.165, 1.54) is 17.2 Å². The highest BCUT2D eigenvalue weighted by Crippen LogP contribution is 2.39. The summed E-state index contributed by atoms with van der Waals surface area (Å²) in [5.74, 6) is -0.391. The van der Waals surface area contributed by atoms with Gasteiger partial charge in [-0.3, -0.25) is 9.88 Å². The van der Waals surface area contributed by atoms with Gasteiger partial charge >= 0.3 is 6.09 Å². The number of hydrogen-bond acceptors (Lipinski definition) is 4. The van der Waals surface area contributed by atoms with Crippen molar-refractivity contribution >= 4 is 6.09 Å². The fourth-order valence-corrected chi connectivity index (χ4v) is 4.04. The van der Waals surface area contributed by atoms with Crippen molar-refractivity contribution in [3.05, 3.63) is 29.8 Å². The van der Waals surface area contributed by atoms with Crippen LogP contribution < -0.4 is 0 Å². The fourth-order valence-electron chi connectivity index (χ4n) is 4.04. The lowest BCUT2D eigenvalue weighted by Crippen LogP contribution is -2.44. The molecular weight excluding hydrogens is 323 g/mol. The van der Waals surface area contributed by atoms with Gasteiger partial charge in [-0.2, -0.15) is 5.26 Å². The summed E-state index contributed by atoms with van der Waals surface area (Å²) in [6, 6.07) is 5.78. The van der Waals surface area contributed by atoms with Crippen LogP contribution in [0.5, 0.6) is 0 Å². The lowest BCUT2D eigenvalue weighted by atomic mass is 9.71. The van der Waals surface area contributed by atoms with E-state index >= 15 is 0 Å². The molecule has 1 aromatic rings. The van der Waals surface area contributed by atoms with E-state index < -0.39 is 17.3 Å². The van der Waals surface area contributed by atoms with Crippen LogP contribution in [0.2, 0.25) is 0 Å². The zero-order valence-corrected chi connectivity index (χ0v) is 14.2. The summed E-state index contributed by atoms with van der Waals surface area (Å²) >= 11 is 0. The van der Waals surface area contributed by atoms with Crippen molar-refractivity contribution in [1.82, 2.24) is 14.8 Å². The number of carboxylic acid groups (broad SMARTS) is 1. The Labute approximate surface area is 146 Å². The summed E-state index contributed by atoms with van der Waals surface area (Å²) in [4.78, 5) is 19.1.